The monoisotopic (exact) mass is 325 g/mol. The summed E-state index contributed by atoms with van der Waals surface area (Å²) in [6, 6.07) is 10.2. The lowest BCUT2D eigenvalue weighted by Crippen LogP contribution is -2.35. The third-order valence-corrected chi connectivity index (χ3v) is 4.23. The van der Waals surface area contributed by atoms with Crippen LogP contribution in [0.4, 0.5) is 0 Å². The van der Waals surface area contributed by atoms with Crippen molar-refractivity contribution in [2.75, 3.05) is 0 Å². The molecule has 3 aromatic rings. The first-order chi connectivity index (χ1) is 11.5. The number of hydrogen-bond acceptors (Lipinski definition) is 5. The molecule has 0 aliphatic carbocycles. The first kappa shape index (κ1) is 16.4. The van der Waals surface area contributed by atoms with Crippen molar-refractivity contribution < 1.29 is 4.52 Å². The number of aryl methyl sites for hydroxylation is 1. The zero-order valence-corrected chi connectivity index (χ0v) is 14.5. The largest absolute Gasteiger partial charge is 0.337 e. The summed E-state index contributed by atoms with van der Waals surface area (Å²) in [5.74, 6) is 1.20. The standard InChI is InChI=1S/C18H23N5O/c1-12-10-19-23(11-12)15(4)13(2)20-14(3)18-21-17(22-24-18)16-8-6-5-7-9-16/h5-11,13-15,20H,1-4H3/t13-,14-,15-/m1/s1. The van der Waals surface area contributed by atoms with Crippen molar-refractivity contribution in [2.45, 2.75) is 45.8 Å². The number of benzene rings is 1. The Labute approximate surface area is 141 Å². The molecule has 0 bridgehead atoms. The van der Waals surface area contributed by atoms with Crippen LogP contribution >= 0.6 is 0 Å². The molecule has 3 rings (SSSR count). The van der Waals surface area contributed by atoms with Crippen molar-refractivity contribution in [3.8, 4) is 11.4 Å². The minimum atomic E-state index is -0.0379. The molecule has 0 unspecified atom stereocenters. The first-order valence-electron chi connectivity index (χ1n) is 8.20. The second-order valence-electron chi connectivity index (χ2n) is 6.24. The Hall–Kier alpha value is -2.47. The van der Waals surface area contributed by atoms with E-state index < -0.39 is 0 Å². The van der Waals surface area contributed by atoms with E-state index in [0.29, 0.717) is 11.7 Å². The predicted molar refractivity (Wildman–Crippen MR) is 92.4 cm³/mol. The van der Waals surface area contributed by atoms with E-state index in [1.54, 1.807) is 0 Å². The molecule has 0 saturated heterocycles. The normalized spacial score (nSPS) is 15.2. The second-order valence-corrected chi connectivity index (χ2v) is 6.24. The molecule has 2 heterocycles. The summed E-state index contributed by atoms with van der Waals surface area (Å²) in [4.78, 5) is 4.51. The van der Waals surface area contributed by atoms with E-state index in [-0.39, 0.29) is 18.1 Å². The van der Waals surface area contributed by atoms with E-state index in [1.807, 2.05) is 61.3 Å². The van der Waals surface area contributed by atoms with E-state index in [4.69, 9.17) is 4.52 Å². The topological polar surface area (TPSA) is 68.8 Å². The molecule has 1 N–H and O–H groups in total. The van der Waals surface area contributed by atoms with Crippen LogP contribution in [0.3, 0.4) is 0 Å². The van der Waals surface area contributed by atoms with Gasteiger partial charge in [0, 0.05) is 17.8 Å². The predicted octanol–water partition coefficient (Wildman–Crippen LogP) is 3.54. The van der Waals surface area contributed by atoms with Gasteiger partial charge in [-0.2, -0.15) is 10.1 Å². The van der Waals surface area contributed by atoms with E-state index >= 15 is 0 Å². The maximum atomic E-state index is 5.43. The third kappa shape index (κ3) is 3.54. The lowest BCUT2D eigenvalue weighted by Gasteiger charge is -2.24. The van der Waals surface area contributed by atoms with Gasteiger partial charge < -0.3 is 9.84 Å². The summed E-state index contributed by atoms with van der Waals surface area (Å²) >= 11 is 0. The number of aromatic nitrogens is 4. The van der Waals surface area contributed by atoms with Gasteiger partial charge in [-0.05, 0) is 33.3 Å². The number of nitrogens with one attached hydrogen (secondary N) is 1. The van der Waals surface area contributed by atoms with Crippen LogP contribution in [-0.2, 0) is 0 Å². The molecule has 0 saturated carbocycles. The van der Waals surface area contributed by atoms with E-state index in [0.717, 1.165) is 11.1 Å². The molecule has 6 heteroatoms. The maximum Gasteiger partial charge on any atom is 0.243 e. The summed E-state index contributed by atoms with van der Waals surface area (Å²) in [6.07, 6.45) is 3.92. The van der Waals surface area contributed by atoms with Crippen molar-refractivity contribution in [2.24, 2.45) is 0 Å². The van der Waals surface area contributed by atoms with Gasteiger partial charge in [0.15, 0.2) is 0 Å². The Morgan fingerprint density at radius 3 is 2.54 bits per heavy atom. The van der Waals surface area contributed by atoms with Gasteiger partial charge >= 0.3 is 0 Å². The fourth-order valence-corrected chi connectivity index (χ4v) is 2.61. The zero-order valence-electron chi connectivity index (χ0n) is 14.5. The minimum Gasteiger partial charge on any atom is -0.337 e. The average molecular weight is 325 g/mol. The number of rotatable bonds is 6. The maximum absolute atomic E-state index is 5.43. The van der Waals surface area contributed by atoms with Gasteiger partial charge in [-0.1, -0.05) is 35.5 Å². The SMILES string of the molecule is Cc1cnn([C@H](C)[C@@H](C)N[C@H](C)c2nc(-c3ccccc3)no2)c1. The molecule has 0 radical (unpaired) electrons. The molecule has 0 spiro atoms. The Balaban J connectivity index is 1.66. The Bertz CT molecular complexity index is 780. The van der Waals surface area contributed by atoms with E-state index in [1.165, 1.54) is 0 Å². The molecule has 0 amide bonds. The van der Waals surface area contributed by atoms with Crippen LogP contribution in [0, 0.1) is 6.92 Å². The highest BCUT2D eigenvalue weighted by Gasteiger charge is 2.21. The van der Waals surface area contributed by atoms with Crippen molar-refractivity contribution in [1.82, 2.24) is 25.2 Å². The van der Waals surface area contributed by atoms with Crippen LogP contribution in [0.1, 0.15) is 44.3 Å². The van der Waals surface area contributed by atoms with Gasteiger partial charge in [-0.25, -0.2) is 0 Å². The first-order valence-corrected chi connectivity index (χ1v) is 8.20. The van der Waals surface area contributed by atoms with Crippen LogP contribution in [0.25, 0.3) is 11.4 Å². The number of hydrogen-bond donors (Lipinski definition) is 1. The van der Waals surface area contributed by atoms with Crippen LogP contribution in [0.5, 0.6) is 0 Å². The van der Waals surface area contributed by atoms with Crippen molar-refractivity contribution in [3.63, 3.8) is 0 Å². The van der Waals surface area contributed by atoms with Gasteiger partial charge in [0.2, 0.25) is 11.7 Å². The van der Waals surface area contributed by atoms with Gasteiger partial charge in [-0.3, -0.25) is 4.68 Å². The summed E-state index contributed by atoms with van der Waals surface area (Å²) in [5.41, 5.74) is 2.11. The van der Waals surface area contributed by atoms with Crippen LogP contribution in [-0.4, -0.2) is 26.0 Å². The molecular weight excluding hydrogens is 302 g/mol. The molecule has 0 aliphatic heterocycles. The summed E-state index contributed by atoms with van der Waals surface area (Å²) < 4.78 is 7.40. The van der Waals surface area contributed by atoms with Crippen LogP contribution < -0.4 is 5.32 Å². The lowest BCUT2D eigenvalue weighted by molar-refractivity contribution is 0.292. The van der Waals surface area contributed by atoms with Gasteiger partial charge in [-0.15, -0.1) is 0 Å². The highest BCUT2D eigenvalue weighted by atomic mass is 16.5. The molecule has 0 aliphatic rings. The number of nitrogens with zero attached hydrogens (tertiary/aromatic N) is 4. The van der Waals surface area contributed by atoms with E-state index in [2.05, 4.69) is 34.4 Å². The van der Waals surface area contributed by atoms with Crippen LogP contribution in [0.2, 0.25) is 0 Å². The minimum absolute atomic E-state index is 0.0379. The Morgan fingerprint density at radius 2 is 1.88 bits per heavy atom. The third-order valence-electron chi connectivity index (χ3n) is 4.23. The van der Waals surface area contributed by atoms with E-state index in [9.17, 15) is 0 Å². The quantitative estimate of drug-likeness (QED) is 0.750. The molecule has 3 atom stereocenters. The Kier molecular flexibility index (Phi) is 4.76. The van der Waals surface area contributed by atoms with Crippen molar-refractivity contribution >= 4 is 0 Å². The summed E-state index contributed by atoms with van der Waals surface area (Å²) in [6.45, 7) is 8.34. The second kappa shape index (κ2) is 6.97. The average Bonchev–Trinajstić information content (AvgIpc) is 3.24. The van der Waals surface area contributed by atoms with Crippen molar-refractivity contribution in [1.29, 1.82) is 0 Å². The fraction of sp³-hybridized carbons (Fsp3) is 0.389. The molecule has 0 fully saturated rings. The molecule has 2 aromatic heterocycles. The Morgan fingerprint density at radius 1 is 1.12 bits per heavy atom. The highest BCUT2D eigenvalue weighted by Crippen LogP contribution is 2.20. The molecule has 6 nitrogen and oxygen atoms in total. The molecular formula is C18H23N5O. The molecule has 1 aromatic carbocycles. The molecule has 126 valence electrons. The zero-order chi connectivity index (χ0) is 17.1. The van der Waals surface area contributed by atoms with Crippen LogP contribution in [0.15, 0.2) is 47.2 Å². The van der Waals surface area contributed by atoms with Crippen molar-refractivity contribution in [3.05, 3.63) is 54.2 Å². The highest BCUT2D eigenvalue weighted by molar-refractivity contribution is 5.53. The summed E-state index contributed by atoms with van der Waals surface area (Å²) in [5, 5.41) is 12.0. The smallest absolute Gasteiger partial charge is 0.243 e. The fourth-order valence-electron chi connectivity index (χ4n) is 2.61. The van der Waals surface area contributed by atoms with Gasteiger partial charge in [0.1, 0.15) is 0 Å². The molecule has 24 heavy (non-hydrogen) atoms. The van der Waals surface area contributed by atoms with Gasteiger partial charge in [0.05, 0.1) is 18.3 Å². The summed E-state index contributed by atoms with van der Waals surface area (Å²) in [7, 11) is 0. The van der Waals surface area contributed by atoms with Gasteiger partial charge in [0.25, 0.3) is 0 Å². The lowest BCUT2D eigenvalue weighted by atomic mass is 10.1.